The van der Waals surface area contributed by atoms with E-state index in [0.717, 1.165) is 17.2 Å². The van der Waals surface area contributed by atoms with Gasteiger partial charge >= 0.3 is 0 Å². The number of aryl methyl sites for hydroxylation is 2. The summed E-state index contributed by atoms with van der Waals surface area (Å²) in [5.74, 6) is 0.880. The first-order valence-corrected chi connectivity index (χ1v) is 6.57. The summed E-state index contributed by atoms with van der Waals surface area (Å²) in [5.41, 5.74) is 2.23. The fourth-order valence-corrected chi connectivity index (χ4v) is 2.97. The maximum absolute atomic E-state index is 4.62. The lowest BCUT2D eigenvalue weighted by atomic mass is 9.95. The number of nitrogens with zero attached hydrogens (tertiary/aromatic N) is 3. The molecule has 17 heavy (non-hydrogen) atoms. The smallest absolute Gasteiger partial charge is 0.144 e. The van der Waals surface area contributed by atoms with E-state index in [1.165, 1.54) is 37.5 Å². The first-order valence-electron chi connectivity index (χ1n) is 6.57. The van der Waals surface area contributed by atoms with Crippen LogP contribution >= 0.6 is 0 Å². The monoisotopic (exact) mass is 229 g/mol. The van der Waals surface area contributed by atoms with Crippen molar-refractivity contribution in [2.24, 2.45) is 0 Å². The summed E-state index contributed by atoms with van der Waals surface area (Å²) in [6, 6.07) is 2.81. The van der Waals surface area contributed by atoms with Crippen LogP contribution in [0, 0.1) is 13.8 Å². The standard InChI is InChI=1S/C14H19N3/c1-10-13-8-9-17(12-6-4-3-5-7-12)14(13)16-11(2)15-10/h8-9,12H,3-7H2,1-2H3. The quantitative estimate of drug-likeness (QED) is 0.748. The highest BCUT2D eigenvalue weighted by Crippen LogP contribution is 2.31. The van der Waals surface area contributed by atoms with Gasteiger partial charge in [-0.1, -0.05) is 19.3 Å². The highest BCUT2D eigenvalue weighted by Gasteiger charge is 2.18. The van der Waals surface area contributed by atoms with Crippen molar-refractivity contribution in [3.8, 4) is 0 Å². The van der Waals surface area contributed by atoms with Crippen LogP contribution in [-0.2, 0) is 0 Å². The lowest BCUT2D eigenvalue weighted by Gasteiger charge is -2.23. The zero-order chi connectivity index (χ0) is 11.8. The highest BCUT2D eigenvalue weighted by molar-refractivity contribution is 5.78. The molecule has 1 fully saturated rings. The molecule has 2 heterocycles. The molecule has 2 aromatic heterocycles. The Morgan fingerprint density at radius 1 is 1.12 bits per heavy atom. The third-order valence-corrected chi connectivity index (χ3v) is 3.84. The van der Waals surface area contributed by atoms with Gasteiger partial charge in [0.1, 0.15) is 11.5 Å². The minimum atomic E-state index is 0.648. The first-order chi connectivity index (χ1) is 8.25. The molecule has 0 aliphatic heterocycles. The molecule has 0 N–H and O–H groups in total. The molecular weight excluding hydrogens is 210 g/mol. The van der Waals surface area contributed by atoms with Crippen LogP contribution in [0.4, 0.5) is 0 Å². The number of fused-ring (bicyclic) bond motifs is 1. The van der Waals surface area contributed by atoms with E-state index in [-0.39, 0.29) is 0 Å². The zero-order valence-corrected chi connectivity index (χ0v) is 10.6. The Bertz CT molecular complexity index is 536. The van der Waals surface area contributed by atoms with Crippen molar-refractivity contribution in [2.45, 2.75) is 52.0 Å². The topological polar surface area (TPSA) is 30.7 Å². The molecule has 1 aliphatic rings. The fourth-order valence-electron chi connectivity index (χ4n) is 2.97. The predicted molar refractivity (Wildman–Crippen MR) is 69.1 cm³/mol. The molecule has 0 atom stereocenters. The molecule has 0 amide bonds. The minimum absolute atomic E-state index is 0.648. The lowest BCUT2D eigenvalue weighted by molar-refractivity contribution is 0.359. The average Bonchev–Trinajstić information content (AvgIpc) is 2.74. The molecule has 3 rings (SSSR count). The molecule has 0 unspecified atom stereocenters. The Morgan fingerprint density at radius 2 is 1.88 bits per heavy atom. The van der Waals surface area contributed by atoms with Crippen LogP contribution in [0.2, 0.25) is 0 Å². The Kier molecular flexibility index (Phi) is 2.61. The van der Waals surface area contributed by atoms with Crippen molar-refractivity contribution in [1.82, 2.24) is 14.5 Å². The van der Waals surface area contributed by atoms with Crippen LogP contribution in [0.15, 0.2) is 12.3 Å². The third kappa shape index (κ3) is 1.84. The Balaban J connectivity index is 2.10. The number of aromatic nitrogens is 3. The van der Waals surface area contributed by atoms with Crippen LogP contribution < -0.4 is 0 Å². The van der Waals surface area contributed by atoms with Crippen molar-refractivity contribution < 1.29 is 0 Å². The van der Waals surface area contributed by atoms with E-state index in [1.807, 2.05) is 6.92 Å². The van der Waals surface area contributed by atoms with E-state index in [1.54, 1.807) is 0 Å². The number of hydrogen-bond acceptors (Lipinski definition) is 2. The third-order valence-electron chi connectivity index (χ3n) is 3.84. The Morgan fingerprint density at radius 3 is 2.65 bits per heavy atom. The average molecular weight is 229 g/mol. The second-order valence-corrected chi connectivity index (χ2v) is 5.11. The molecule has 0 bridgehead atoms. The fraction of sp³-hybridized carbons (Fsp3) is 0.571. The second kappa shape index (κ2) is 4.13. The van der Waals surface area contributed by atoms with E-state index in [9.17, 15) is 0 Å². The van der Waals surface area contributed by atoms with Gasteiger partial charge < -0.3 is 4.57 Å². The van der Waals surface area contributed by atoms with E-state index < -0.39 is 0 Å². The van der Waals surface area contributed by atoms with Crippen LogP contribution in [0.25, 0.3) is 11.0 Å². The molecule has 2 aromatic rings. The van der Waals surface area contributed by atoms with Crippen molar-refractivity contribution in [2.75, 3.05) is 0 Å². The van der Waals surface area contributed by atoms with E-state index >= 15 is 0 Å². The van der Waals surface area contributed by atoms with E-state index in [2.05, 4.69) is 33.7 Å². The number of hydrogen-bond donors (Lipinski definition) is 0. The summed E-state index contributed by atoms with van der Waals surface area (Å²) >= 11 is 0. The minimum Gasteiger partial charge on any atom is -0.329 e. The number of rotatable bonds is 1. The maximum atomic E-state index is 4.62. The van der Waals surface area contributed by atoms with Gasteiger partial charge in [0.25, 0.3) is 0 Å². The van der Waals surface area contributed by atoms with Gasteiger partial charge in [-0.25, -0.2) is 9.97 Å². The van der Waals surface area contributed by atoms with Crippen molar-refractivity contribution in [3.05, 3.63) is 23.8 Å². The summed E-state index contributed by atoms with van der Waals surface area (Å²) in [6.07, 6.45) is 8.89. The summed E-state index contributed by atoms with van der Waals surface area (Å²) < 4.78 is 2.37. The molecule has 0 saturated heterocycles. The van der Waals surface area contributed by atoms with Gasteiger partial charge in [-0.2, -0.15) is 0 Å². The van der Waals surface area contributed by atoms with Gasteiger partial charge in [0.2, 0.25) is 0 Å². The van der Waals surface area contributed by atoms with Crippen molar-refractivity contribution in [3.63, 3.8) is 0 Å². The van der Waals surface area contributed by atoms with Gasteiger partial charge in [-0.15, -0.1) is 0 Å². The van der Waals surface area contributed by atoms with Crippen molar-refractivity contribution >= 4 is 11.0 Å². The van der Waals surface area contributed by atoms with Crippen LogP contribution in [-0.4, -0.2) is 14.5 Å². The largest absolute Gasteiger partial charge is 0.329 e. The van der Waals surface area contributed by atoms with Gasteiger partial charge in [-0.3, -0.25) is 0 Å². The Hall–Kier alpha value is -1.38. The van der Waals surface area contributed by atoms with Gasteiger partial charge in [0.15, 0.2) is 0 Å². The highest BCUT2D eigenvalue weighted by atomic mass is 15.1. The van der Waals surface area contributed by atoms with E-state index in [0.29, 0.717) is 6.04 Å². The molecule has 1 aliphatic carbocycles. The first kappa shape index (κ1) is 10.8. The molecule has 0 aromatic carbocycles. The normalized spacial score (nSPS) is 17.8. The van der Waals surface area contributed by atoms with Crippen LogP contribution in [0.5, 0.6) is 0 Å². The summed E-state index contributed by atoms with van der Waals surface area (Å²) in [5, 5.41) is 1.21. The predicted octanol–water partition coefficient (Wildman–Crippen LogP) is 3.55. The van der Waals surface area contributed by atoms with Gasteiger partial charge in [0, 0.05) is 17.6 Å². The molecule has 1 saturated carbocycles. The van der Waals surface area contributed by atoms with E-state index in [4.69, 9.17) is 0 Å². The van der Waals surface area contributed by atoms with Gasteiger partial charge in [-0.05, 0) is 32.8 Å². The van der Waals surface area contributed by atoms with Crippen LogP contribution in [0.3, 0.4) is 0 Å². The molecule has 3 nitrogen and oxygen atoms in total. The summed E-state index contributed by atoms with van der Waals surface area (Å²) in [7, 11) is 0. The second-order valence-electron chi connectivity index (χ2n) is 5.11. The molecule has 90 valence electrons. The SMILES string of the molecule is Cc1nc(C)c2ccn(C3CCCCC3)c2n1. The molecular formula is C14H19N3. The van der Waals surface area contributed by atoms with Crippen LogP contribution in [0.1, 0.15) is 49.7 Å². The molecule has 0 radical (unpaired) electrons. The van der Waals surface area contributed by atoms with Gasteiger partial charge in [0.05, 0.1) is 5.69 Å². The molecule has 3 heteroatoms. The Labute approximate surface area is 102 Å². The zero-order valence-electron chi connectivity index (χ0n) is 10.6. The lowest BCUT2D eigenvalue weighted by Crippen LogP contribution is -2.12. The van der Waals surface area contributed by atoms with Crippen molar-refractivity contribution in [1.29, 1.82) is 0 Å². The molecule has 0 spiro atoms. The summed E-state index contributed by atoms with van der Waals surface area (Å²) in [4.78, 5) is 9.06. The summed E-state index contributed by atoms with van der Waals surface area (Å²) in [6.45, 7) is 4.05. The maximum Gasteiger partial charge on any atom is 0.144 e.